The molecule has 1 aliphatic rings. The highest BCUT2D eigenvalue weighted by Gasteiger charge is 2.29. The van der Waals surface area contributed by atoms with Gasteiger partial charge in [-0.05, 0) is 53.2 Å². The Bertz CT molecular complexity index is 695. The lowest BCUT2D eigenvalue weighted by Crippen LogP contribution is -2.34. The van der Waals surface area contributed by atoms with Crippen molar-refractivity contribution in [3.8, 4) is 0 Å². The van der Waals surface area contributed by atoms with E-state index in [9.17, 15) is 0 Å². The lowest BCUT2D eigenvalue weighted by atomic mass is 9.77. The van der Waals surface area contributed by atoms with E-state index in [1.807, 2.05) is 0 Å². The van der Waals surface area contributed by atoms with Gasteiger partial charge in [-0.2, -0.15) is 0 Å². The monoisotopic (exact) mass is 291 g/mol. The second-order valence-electron chi connectivity index (χ2n) is 7.03. The van der Waals surface area contributed by atoms with Crippen LogP contribution in [-0.2, 0) is 5.41 Å². The Balaban J connectivity index is 2.00. The van der Waals surface area contributed by atoms with Gasteiger partial charge in [-0.25, -0.2) is 0 Å². The van der Waals surface area contributed by atoms with Crippen LogP contribution in [0.5, 0.6) is 0 Å². The summed E-state index contributed by atoms with van der Waals surface area (Å²) in [5.74, 6) is 0. The van der Waals surface area contributed by atoms with Crippen molar-refractivity contribution in [2.45, 2.75) is 32.6 Å². The topological polar surface area (TPSA) is 3.24 Å². The lowest BCUT2D eigenvalue weighted by molar-refractivity contribution is 0.462. The number of nitrogens with zero attached hydrogens (tertiary/aromatic N) is 1. The van der Waals surface area contributed by atoms with Gasteiger partial charge >= 0.3 is 0 Å². The third kappa shape index (κ3) is 2.81. The van der Waals surface area contributed by atoms with Crippen molar-refractivity contribution in [2.24, 2.45) is 0 Å². The van der Waals surface area contributed by atoms with Gasteiger partial charge < -0.3 is 4.90 Å². The Morgan fingerprint density at radius 3 is 2.55 bits per heavy atom. The highest BCUT2D eigenvalue weighted by Crippen LogP contribution is 2.39. The van der Waals surface area contributed by atoms with Crippen LogP contribution in [0.1, 0.15) is 43.9 Å². The first-order valence-electron chi connectivity index (χ1n) is 8.07. The minimum atomic E-state index is 0.256. The van der Waals surface area contributed by atoms with Crippen LogP contribution in [0.2, 0.25) is 0 Å². The number of fused-ring (bicyclic) bond motifs is 1. The molecule has 114 valence electrons. The zero-order valence-electron chi connectivity index (χ0n) is 14.1. The summed E-state index contributed by atoms with van der Waals surface area (Å²) in [6.45, 7) is 8.04. The number of hydrogen-bond acceptors (Lipinski definition) is 1. The third-order valence-electron chi connectivity index (χ3n) is 4.85. The summed E-state index contributed by atoms with van der Waals surface area (Å²) in [6, 6.07) is 17.5. The molecule has 0 unspecified atom stereocenters. The standard InChI is InChI=1S/C21H25N/c1-16(18-8-6-5-7-9-18)14-17-10-11-20-19(15-17)21(2,3)12-13-22(20)4/h5-11,14-15H,12-13H2,1-4H3. The maximum atomic E-state index is 2.37. The van der Waals surface area contributed by atoms with Crippen LogP contribution in [0, 0.1) is 0 Å². The summed E-state index contributed by atoms with van der Waals surface area (Å²) in [5.41, 5.74) is 7.00. The maximum Gasteiger partial charge on any atom is 0.0402 e. The molecule has 0 radical (unpaired) electrons. The van der Waals surface area contributed by atoms with Crippen molar-refractivity contribution in [1.82, 2.24) is 0 Å². The molecule has 0 aliphatic carbocycles. The first-order valence-corrected chi connectivity index (χ1v) is 8.07. The van der Waals surface area contributed by atoms with Crippen molar-refractivity contribution in [3.63, 3.8) is 0 Å². The van der Waals surface area contributed by atoms with Gasteiger partial charge in [0.15, 0.2) is 0 Å². The van der Waals surface area contributed by atoms with Gasteiger partial charge in [-0.1, -0.05) is 56.3 Å². The first-order chi connectivity index (χ1) is 10.5. The minimum Gasteiger partial charge on any atom is -0.374 e. The number of allylic oxidation sites excluding steroid dienone is 1. The van der Waals surface area contributed by atoms with E-state index >= 15 is 0 Å². The summed E-state index contributed by atoms with van der Waals surface area (Å²) in [5, 5.41) is 0. The average Bonchev–Trinajstić information content (AvgIpc) is 2.52. The van der Waals surface area contributed by atoms with Crippen LogP contribution in [0.4, 0.5) is 5.69 Å². The molecule has 2 aromatic carbocycles. The van der Waals surface area contributed by atoms with E-state index in [2.05, 4.69) is 87.3 Å². The van der Waals surface area contributed by atoms with Crippen LogP contribution in [0.3, 0.4) is 0 Å². The van der Waals surface area contributed by atoms with Crippen LogP contribution in [0.15, 0.2) is 48.5 Å². The van der Waals surface area contributed by atoms with Crippen molar-refractivity contribution in [2.75, 3.05) is 18.5 Å². The van der Waals surface area contributed by atoms with E-state index in [4.69, 9.17) is 0 Å². The van der Waals surface area contributed by atoms with Crippen molar-refractivity contribution in [1.29, 1.82) is 0 Å². The molecular formula is C21H25N. The Morgan fingerprint density at radius 2 is 1.82 bits per heavy atom. The highest BCUT2D eigenvalue weighted by molar-refractivity contribution is 5.81. The molecular weight excluding hydrogens is 266 g/mol. The number of anilines is 1. The van der Waals surface area contributed by atoms with Crippen molar-refractivity contribution < 1.29 is 0 Å². The molecule has 0 N–H and O–H groups in total. The van der Waals surface area contributed by atoms with Gasteiger partial charge in [0.25, 0.3) is 0 Å². The van der Waals surface area contributed by atoms with Gasteiger partial charge in [0.05, 0.1) is 0 Å². The molecule has 0 fully saturated rings. The fourth-order valence-electron chi connectivity index (χ4n) is 3.26. The minimum absolute atomic E-state index is 0.256. The number of hydrogen-bond donors (Lipinski definition) is 0. The number of benzene rings is 2. The van der Waals surface area contributed by atoms with E-state index in [-0.39, 0.29) is 5.41 Å². The van der Waals surface area contributed by atoms with Gasteiger partial charge in [0, 0.05) is 19.3 Å². The van der Waals surface area contributed by atoms with Gasteiger partial charge in [0.1, 0.15) is 0 Å². The highest BCUT2D eigenvalue weighted by atomic mass is 15.1. The van der Waals surface area contributed by atoms with Crippen molar-refractivity contribution >= 4 is 17.3 Å². The summed E-state index contributed by atoms with van der Waals surface area (Å²) in [6.07, 6.45) is 3.50. The smallest absolute Gasteiger partial charge is 0.0402 e. The van der Waals surface area contributed by atoms with E-state index in [1.165, 1.54) is 34.4 Å². The Morgan fingerprint density at radius 1 is 1.09 bits per heavy atom. The van der Waals surface area contributed by atoms with Gasteiger partial charge in [-0.15, -0.1) is 0 Å². The zero-order valence-corrected chi connectivity index (χ0v) is 14.1. The molecule has 3 rings (SSSR count). The van der Waals surface area contributed by atoms with Crippen LogP contribution < -0.4 is 4.90 Å². The molecule has 0 atom stereocenters. The quantitative estimate of drug-likeness (QED) is 0.673. The fourth-order valence-corrected chi connectivity index (χ4v) is 3.26. The van der Waals surface area contributed by atoms with Crippen LogP contribution >= 0.6 is 0 Å². The second-order valence-corrected chi connectivity index (χ2v) is 7.03. The lowest BCUT2D eigenvalue weighted by Gasteiger charge is -2.38. The molecule has 0 aromatic heterocycles. The molecule has 1 heteroatoms. The van der Waals surface area contributed by atoms with Crippen LogP contribution in [-0.4, -0.2) is 13.6 Å². The maximum absolute atomic E-state index is 2.37. The van der Waals surface area contributed by atoms with E-state index < -0.39 is 0 Å². The molecule has 2 aromatic rings. The molecule has 1 heterocycles. The molecule has 0 bridgehead atoms. The molecule has 0 saturated carbocycles. The van der Waals surface area contributed by atoms with E-state index in [0.717, 1.165) is 6.54 Å². The first kappa shape index (κ1) is 14.9. The summed E-state index contributed by atoms with van der Waals surface area (Å²) < 4.78 is 0. The summed E-state index contributed by atoms with van der Waals surface area (Å²) in [7, 11) is 2.19. The summed E-state index contributed by atoms with van der Waals surface area (Å²) in [4.78, 5) is 2.37. The third-order valence-corrected chi connectivity index (χ3v) is 4.85. The molecule has 0 amide bonds. The molecule has 0 spiro atoms. The van der Waals surface area contributed by atoms with Gasteiger partial charge in [-0.3, -0.25) is 0 Å². The second kappa shape index (κ2) is 5.64. The normalized spacial score (nSPS) is 17.3. The Hall–Kier alpha value is -2.02. The SMILES string of the molecule is CC(=Cc1ccc2c(c1)C(C)(C)CCN2C)c1ccccc1. The largest absolute Gasteiger partial charge is 0.374 e. The van der Waals surface area contributed by atoms with Gasteiger partial charge in [0.2, 0.25) is 0 Å². The molecule has 1 nitrogen and oxygen atoms in total. The number of rotatable bonds is 2. The van der Waals surface area contributed by atoms with Crippen LogP contribution in [0.25, 0.3) is 11.6 Å². The van der Waals surface area contributed by atoms with E-state index in [0.29, 0.717) is 0 Å². The van der Waals surface area contributed by atoms with E-state index in [1.54, 1.807) is 0 Å². The molecule has 1 aliphatic heterocycles. The molecule has 22 heavy (non-hydrogen) atoms. The zero-order chi connectivity index (χ0) is 15.7. The predicted octanol–water partition coefficient (Wildman–Crippen LogP) is 5.36. The summed E-state index contributed by atoms with van der Waals surface area (Å²) >= 11 is 0. The molecule has 0 saturated heterocycles. The average molecular weight is 291 g/mol. The fraction of sp³-hybridized carbons (Fsp3) is 0.333. The predicted molar refractivity (Wildman–Crippen MR) is 97.3 cm³/mol. The Kier molecular flexibility index (Phi) is 3.82. The Labute approximate surface area is 134 Å². The van der Waals surface area contributed by atoms with Crippen molar-refractivity contribution in [3.05, 3.63) is 65.2 Å².